The van der Waals surface area contributed by atoms with Gasteiger partial charge in [0, 0.05) is 22.9 Å². The Labute approximate surface area is 108 Å². The SMILES string of the molecule is CCN(CC)CCSc1cc(C#N)ccc1N. The molecule has 0 aliphatic rings. The van der Waals surface area contributed by atoms with Gasteiger partial charge in [-0.05, 0) is 31.3 Å². The van der Waals surface area contributed by atoms with Gasteiger partial charge in [0.1, 0.15) is 0 Å². The van der Waals surface area contributed by atoms with Crippen LogP contribution in [0.4, 0.5) is 5.69 Å². The monoisotopic (exact) mass is 249 g/mol. The summed E-state index contributed by atoms with van der Waals surface area (Å²) in [4.78, 5) is 3.38. The number of nitrogens with zero attached hydrogens (tertiary/aromatic N) is 2. The molecule has 0 unspecified atom stereocenters. The van der Waals surface area contributed by atoms with Crippen molar-refractivity contribution in [2.24, 2.45) is 0 Å². The Morgan fingerprint density at radius 2 is 2.06 bits per heavy atom. The lowest BCUT2D eigenvalue weighted by atomic mass is 10.2. The fourth-order valence-electron chi connectivity index (χ4n) is 1.55. The van der Waals surface area contributed by atoms with Crippen molar-refractivity contribution in [1.29, 1.82) is 5.26 Å². The summed E-state index contributed by atoms with van der Waals surface area (Å²) < 4.78 is 0. The Bertz CT molecular complexity index is 394. The van der Waals surface area contributed by atoms with Crippen molar-refractivity contribution in [3.8, 4) is 6.07 Å². The summed E-state index contributed by atoms with van der Waals surface area (Å²) in [5.41, 5.74) is 7.31. The van der Waals surface area contributed by atoms with Crippen LogP contribution in [0.15, 0.2) is 23.1 Å². The van der Waals surface area contributed by atoms with Crippen LogP contribution in [0.3, 0.4) is 0 Å². The van der Waals surface area contributed by atoms with Gasteiger partial charge in [0.2, 0.25) is 0 Å². The van der Waals surface area contributed by atoms with Crippen molar-refractivity contribution in [1.82, 2.24) is 4.90 Å². The van der Waals surface area contributed by atoms with Gasteiger partial charge in [0.05, 0.1) is 11.6 Å². The minimum absolute atomic E-state index is 0.671. The summed E-state index contributed by atoms with van der Waals surface area (Å²) in [5, 5.41) is 8.83. The van der Waals surface area contributed by atoms with E-state index in [0.29, 0.717) is 5.56 Å². The largest absolute Gasteiger partial charge is 0.398 e. The van der Waals surface area contributed by atoms with Crippen molar-refractivity contribution in [2.75, 3.05) is 31.1 Å². The number of anilines is 1. The van der Waals surface area contributed by atoms with E-state index < -0.39 is 0 Å². The second kappa shape index (κ2) is 7.21. The van der Waals surface area contributed by atoms with Crippen LogP contribution in [0.5, 0.6) is 0 Å². The minimum Gasteiger partial charge on any atom is -0.398 e. The van der Waals surface area contributed by atoms with Crippen LogP contribution in [0.25, 0.3) is 0 Å². The lowest BCUT2D eigenvalue weighted by molar-refractivity contribution is 0.324. The van der Waals surface area contributed by atoms with Crippen molar-refractivity contribution in [3.05, 3.63) is 23.8 Å². The molecule has 92 valence electrons. The summed E-state index contributed by atoms with van der Waals surface area (Å²) in [6.45, 7) is 7.53. The Kier molecular flexibility index (Phi) is 5.88. The van der Waals surface area contributed by atoms with E-state index in [1.165, 1.54) is 0 Å². The molecule has 1 aromatic carbocycles. The average molecular weight is 249 g/mol. The Balaban J connectivity index is 2.54. The topological polar surface area (TPSA) is 53.0 Å². The zero-order chi connectivity index (χ0) is 12.7. The molecule has 0 bridgehead atoms. The van der Waals surface area contributed by atoms with E-state index in [4.69, 9.17) is 11.0 Å². The van der Waals surface area contributed by atoms with E-state index >= 15 is 0 Å². The van der Waals surface area contributed by atoms with Gasteiger partial charge < -0.3 is 10.6 Å². The molecular formula is C13H19N3S. The van der Waals surface area contributed by atoms with Gasteiger partial charge in [-0.25, -0.2) is 0 Å². The lowest BCUT2D eigenvalue weighted by Gasteiger charge is -2.17. The molecule has 0 saturated carbocycles. The quantitative estimate of drug-likeness (QED) is 0.622. The van der Waals surface area contributed by atoms with Crippen LogP contribution in [-0.4, -0.2) is 30.3 Å². The smallest absolute Gasteiger partial charge is 0.0992 e. The molecule has 0 atom stereocenters. The molecule has 2 N–H and O–H groups in total. The molecule has 4 heteroatoms. The molecule has 3 nitrogen and oxygen atoms in total. The van der Waals surface area contributed by atoms with Gasteiger partial charge in [0.25, 0.3) is 0 Å². The molecule has 1 aromatic rings. The van der Waals surface area contributed by atoms with E-state index in [1.807, 2.05) is 6.07 Å². The number of nitriles is 1. The van der Waals surface area contributed by atoms with Crippen LogP contribution in [0.2, 0.25) is 0 Å². The van der Waals surface area contributed by atoms with Gasteiger partial charge in [-0.1, -0.05) is 13.8 Å². The summed E-state index contributed by atoms with van der Waals surface area (Å²) in [6, 6.07) is 7.56. The van der Waals surface area contributed by atoms with E-state index in [1.54, 1.807) is 23.9 Å². The van der Waals surface area contributed by atoms with Crippen molar-refractivity contribution in [2.45, 2.75) is 18.7 Å². The third kappa shape index (κ3) is 4.29. The molecule has 1 rings (SSSR count). The number of nitrogens with two attached hydrogens (primary N) is 1. The summed E-state index contributed by atoms with van der Waals surface area (Å²) in [7, 11) is 0. The number of nitrogen functional groups attached to an aromatic ring is 1. The Hall–Kier alpha value is -1.18. The Morgan fingerprint density at radius 3 is 2.65 bits per heavy atom. The van der Waals surface area contributed by atoms with Crippen LogP contribution >= 0.6 is 11.8 Å². The second-order valence-electron chi connectivity index (χ2n) is 3.74. The van der Waals surface area contributed by atoms with E-state index in [9.17, 15) is 0 Å². The van der Waals surface area contributed by atoms with Crippen molar-refractivity contribution < 1.29 is 0 Å². The van der Waals surface area contributed by atoms with Gasteiger partial charge in [-0.15, -0.1) is 11.8 Å². The van der Waals surface area contributed by atoms with E-state index in [0.717, 1.165) is 36.0 Å². The van der Waals surface area contributed by atoms with E-state index in [-0.39, 0.29) is 0 Å². The fourth-order valence-corrected chi connectivity index (χ4v) is 2.57. The summed E-state index contributed by atoms with van der Waals surface area (Å²) in [6.07, 6.45) is 0. The molecule has 0 saturated heterocycles. The third-order valence-electron chi connectivity index (χ3n) is 2.70. The first kappa shape index (κ1) is 13.9. The maximum Gasteiger partial charge on any atom is 0.0992 e. The third-order valence-corrected chi connectivity index (χ3v) is 3.75. The second-order valence-corrected chi connectivity index (χ2v) is 4.88. The van der Waals surface area contributed by atoms with Crippen LogP contribution in [0, 0.1) is 11.3 Å². The van der Waals surface area contributed by atoms with Gasteiger partial charge in [0.15, 0.2) is 0 Å². The van der Waals surface area contributed by atoms with Crippen molar-refractivity contribution in [3.63, 3.8) is 0 Å². The summed E-state index contributed by atoms with van der Waals surface area (Å²) >= 11 is 1.72. The molecule has 0 amide bonds. The number of hydrogen-bond donors (Lipinski definition) is 1. The average Bonchev–Trinajstić information content (AvgIpc) is 2.36. The zero-order valence-electron chi connectivity index (χ0n) is 10.4. The number of hydrogen-bond acceptors (Lipinski definition) is 4. The summed E-state index contributed by atoms with van der Waals surface area (Å²) in [5.74, 6) is 1.00. The lowest BCUT2D eigenvalue weighted by Crippen LogP contribution is -2.25. The molecule has 0 aliphatic heterocycles. The first-order valence-corrected chi connectivity index (χ1v) is 6.84. The highest BCUT2D eigenvalue weighted by Crippen LogP contribution is 2.25. The van der Waals surface area contributed by atoms with Gasteiger partial charge in [-0.2, -0.15) is 5.26 Å². The van der Waals surface area contributed by atoms with Crippen LogP contribution in [-0.2, 0) is 0 Å². The standard InChI is InChI=1S/C13H19N3S/c1-3-16(4-2)7-8-17-13-9-11(10-14)5-6-12(13)15/h5-6,9H,3-4,7-8,15H2,1-2H3. The molecule has 0 heterocycles. The molecule has 0 fully saturated rings. The molecule has 0 aliphatic carbocycles. The van der Waals surface area contributed by atoms with Crippen LogP contribution < -0.4 is 5.73 Å². The molecule has 17 heavy (non-hydrogen) atoms. The number of rotatable bonds is 6. The molecule has 0 aromatic heterocycles. The van der Waals surface area contributed by atoms with E-state index in [2.05, 4.69) is 24.8 Å². The first-order valence-electron chi connectivity index (χ1n) is 5.86. The Morgan fingerprint density at radius 1 is 1.35 bits per heavy atom. The maximum atomic E-state index is 8.83. The molecular weight excluding hydrogens is 230 g/mol. The number of benzene rings is 1. The molecule has 0 radical (unpaired) electrons. The minimum atomic E-state index is 0.671. The fraction of sp³-hybridized carbons (Fsp3) is 0.462. The normalized spacial score (nSPS) is 10.5. The zero-order valence-corrected chi connectivity index (χ0v) is 11.3. The van der Waals surface area contributed by atoms with Gasteiger partial charge >= 0.3 is 0 Å². The highest BCUT2D eigenvalue weighted by Gasteiger charge is 2.03. The molecule has 0 spiro atoms. The predicted octanol–water partition coefficient (Wildman–Crippen LogP) is 2.57. The van der Waals surface area contributed by atoms with Crippen molar-refractivity contribution >= 4 is 17.4 Å². The van der Waals surface area contributed by atoms with Crippen LogP contribution in [0.1, 0.15) is 19.4 Å². The first-order chi connectivity index (χ1) is 8.21. The maximum absolute atomic E-state index is 8.83. The number of thioether (sulfide) groups is 1. The van der Waals surface area contributed by atoms with Gasteiger partial charge in [-0.3, -0.25) is 0 Å². The predicted molar refractivity (Wildman–Crippen MR) is 74.1 cm³/mol. The highest BCUT2D eigenvalue weighted by molar-refractivity contribution is 7.99. The highest BCUT2D eigenvalue weighted by atomic mass is 32.2.